The molecule has 1 heterocycles. The Labute approximate surface area is 127 Å². The van der Waals surface area contributed by atoms with Gasteiger partial charge in [0.2, 0.25) is 0 Å². The third-order valence-corrected chi connectivity index (χ3v) is 3.86. The first-order chi connectivity index (χ1) is 9.72. The standard InChI is InChI=1S/C15H28N4O2/c1-8-16-11(6)13(9(2)3)15-14(19(20)21)12(7)17-18(15)10(4)5/h9-11,13,16H,8H2,1-7H3. The van der Waals surface area contributed by atoms with Crippen molar-refractivity contribution in [2.45, 2.75) is 66.5 Å². The minimum absolute atomic E-state index is 0.0500. The first-order valence-corrected chi connectivity index (χ1v) is 7.69. The topological polar surface area (TPSA) is 73.0 Å². The molecule has 2 atom stereocenters. The second-order valence-corrected chi connectivity index (χ2v) is 6.23. The molecule has 0 aromatic carbocycles. The molecule has 0 radical (unpaired) electrons. The van der Waals surface area contributed by atoms with Crippen molar-refractivity contribution >= 4 is 5.69 Å². The highest BCUT2D eigenvalue weighted by molar-refractivity contribution is 5.44. The zero-order valence-electron chi connectivity index (χ0n) is 14.2. The minimum atomic E-state index is -0.287. The second kappa shape index (κ2) is 7.02. The molecule has 1 aromatic rings. The molecule has 6 nitrogen and oxygen atoms in total. The summed E-state index contributed by atoms with van der Waals surface area (Å²) in [6, 6.07) is 0.254. The molecule has 1 rings (SSSR count). The Morgan fingerprint density at radius 2 is 1.86 bits per heavy atom. The van der Waals surface area contributed by atoms with E-state index in [1.165, 1.54) is 0 Å². The van der Waals surface area contributed by atoms with Crippen LogP contribution in [0, 0.1) is 23.0 Å². The lowest BCUT2D eigenvalue weighted by Gasteiger charge is -2.29. The van der Waals surface area contributed by atoms with Gasteiger partial charge in [0.1, 0.15) is 11.4 Å². The Hall–Kier alpha value is -1.43. The lowest BCUT2D eigenvalue weighted by Crippen LogP contribution is -2.36. The maximum absolute atomic E-state index is 11.5. The van der Waals surface area contributed by atoms with E-state index in [2.05, 4.69) is 31.2 Å². The first-order valence-electron chi connectivity index (χ1n) is 7.69. The van der Waals surface area contributed by atoms with Crippen molar-refractivity contribution in [1.29, 1.82) is 0 Å². The van der Waals surface area contributed by atoms with E-state index in [0.29, 0.717) is 5.69 Å². The van der Waals surface area contributed by atoms with Gasteiger partial charge in [-0.25, -0.2) is 0 Å². The number of nitrogens with one attached hydrogen (secondary N) is 1. The second-order valence-electron chi connectivity index (χ2n) is 6.23. The van der Waals surface area contributed by atoms with Crippen LogP contribution < -0.4 is 5.32 Å². The molecule has 1 aromatic heterocycles. The fraction of sp³-hybridized carbons (Fsp3) is 0.800. The normalized spacial score (nSPS) is 14.7. The number of likely N-dealkylation sites (N-methyl/N-ethyl adjacent to an activating group) is 1. The Kier molecular flexibility index (Phi) is 5.89. The summed E-state index contributed by atoms with van der Waals surface area (Å²) in [5, 5.41) is 19.3. The van der Waals surface area contributed by atoms with E-state index < -0.39 is 0 Å². The molecular formula is C15H28N4O2. The van der Waals surface area contributed by atoms with Gasteiger partial charge in [0.25, 0.3) is 0 Å². The van der Waals surface area contributed by atoms with E-state index in [4.69, 9.17) is 0 Å². The third-order valence-electron chi connectivity index (χ3n) is 3.86. The average Bonchev–Trinajstić information content (AvgIpc) is 2.67. The summed E-state index contributed by atoms with van der Waals surface area (Å²) in [5.74, 6) is 0.334. The molecule has 21 heavy (non-hydrogen) atoms. The average molecular weight is 296 g/mol. The van der Waals surface area contributed by atoms with Gasteiger partial charge in [-0.15, -0.1) is 0 Å². The largest absolute Gasteiger partial charge is 0.314 e. The summed E-state index contributed by atoms with van der Waals surface area (Å²) in [4.78, 5) is 11.2. The van der Waals surface area contributed by atoms with Gasteiger partial charge >= 0.3 is 5.69 Å². The van der Waals surface area contributed by atoms with Gasteiger partial charge in [-0.1, -0.05) is 20.8 Å². The Morgan fingerprint density at radius 1 is 1.29 bits per heavy atom. The molecule has 0 amide bonds. The lowest BCUT2D eigenvalue weighted by molar-refractivity contribution is -0.386. The number of hydrogen-bond donors (Lipinski definition) is 1. The smallest absolute Gasteiger partial charge is 0.313 e. The summed E-state index contributed by atoms with van der Waals surface area (Å²) in [6.45, 7) is 14.9. The molecule has 2 unspecified atom stereocenters. The van der Waals surface area contributed by atoms with Crippen LogP contribution in [0.1, 0.15) is 64.9 Å². The molecule has 0 spiro atoms. The molecule has 1 N–H and O–H groups in total. The van der Waals surface area contributed by atoms with Crippen LogP contribution in [0.3, 0.4) is 0 Å². The monoisotopic (exact) mass is 296 g/mol. The summed E-state index contributed by atoms with van der Waals surface area (Å²) in [7, 11) is 0. The van der Waals surface area contributed by atoms with Crippen LogP contribution in [0.15, 0.2) is 0 Å². The molecule has 120 valence electrons. The van der Waals surface area contributed by atoms with Crippen LogP contribution in [0.2, 0.25) is 0 Å². The predicted octanol–water partition coefficient (Wildman–Crippen LogP) is 3.42. The van der Waals surface area contributed by atoms with E-state index in [9.17, 15) is 10.1 Å². The van der Waals surface area contributed by atoms with Gasteiger partial charge in [0.15, 0.2) is 0 Å². The molecule has 6 heteroatoms. The molecule has 0 aliphatic heterocycles. The van der Waals surface area contributed by atoms with Crippen LogP contribution in [0.4, 0.5) is 5.69 Å². The zero-order valence-corrected chi connectivity index (χ0v) is 14.2. The number of aryl methyl sites for hydroxylation is 1. The number of rotatable bonds is 7. The Bertz CT molecular complexity index is 494. The van der Waals surface area contributed by atoms with Crippen molar-refractivity contribution in [2.75, 3.05) is 6.54 Å². The Balaban J connectivity index is 3.51. The summed E-state index contributed by atoms with van der Waals surface area (Å²) in [6.07, 6.45) is 0. The van der Waals surface area contributed by atoms with Crippen molar-refractivity contribution in [3.8, 4) is 0 Å². The van der Waals surface area contributed by atoms with Crippen LogP contribution >= 0.6 is 0 Å². The van der Waals surface area contributed by atoms with Crippen molar-refractivity contribution < 1.29 is 4.92 Å². The predicted molar refractivity (Wildman–Crippen MR) is 84.7 cm³/mol. The van der Waals surface area contributed by atoms with Crippen molar-refractivity contribution in [3.63, 3.8) is 0 Å². The van der Waals surface area contributed by atoms with E-state index in [1.807, 2.05) is 25.5 Å². The summed E-state index contributed by atoms with van der Waals surface area (Å²) in [5.41, 5.74) is 1.42. The lowest BCUT2D eigenvalue weighted by atomic mass is 9.85. The van der Waals surface area contributed by atoms with Crippen molar-refractivity contribution in [2.24, 2.45) is 5.92 Å². The maximum Gasteiger partial charge on any atom is 0.313 e. The van der Waals surface area contributed by atoms with Crippen LogP contribution in [0.25, 0.3) is 0 Å². The summed E-state index contributed by atoms with van der Waals surface area (Å²) < 4.78 is 1.83. The molecular weight excluding hydrogens is 268 g/mol. The molecule has 0 saturated carbocycles. The summed E-state index contributed by atoms with van der Waals surface area (Å²) >= 11 is 0. The number of hydrogen-bond acceptors (Lipinski definition) is 4. The van der Waals surface area contributed by atoms with Crippen molar-refractivity contribution in [1.82, 2.24) is 15.1 Å². The third kappa shape index (κ3) is 3.61. The number of nitro groups is 1. The maximum atomic E-state index is 11.5. The molecule has 0 fully saturated rings. The van der Waals surface area contributed by atoms with Crippen molar-refractivity contribution in [3.05, 3.63) is 21.5 Å². The molecule has 0 saturated heterocycles. The van der Waals surface area contributed by atoms with Crippen LogP contribution in [-0.4, -0.2) is 27.3 Å². The van der Waals surface area contributed by atoms with Gasteiger partial charge in [0.05, 0.1) is 4.92 Å². The molecule has 0 aliphatic carbocycles. The highest BCUT2D eigenvalue weighted by atomic mass is 16.6. The minimum Gasteiger partial charge on any atom is -0.314 e. The zero-order chi connectivity index (χ0) is 16.3. The van der Waals surface area contributed by atoms with E-state index >= 15 is 0 Å². The van der Waals surface area contributed by atoms with Gasteiger partial charge in [-0.2, -0.15) is 5.10 Å². The van der Waals surface area contributed by atoms with Gasteiger partial charge in [0, 0.05) is 18.0 Å². The highest BCUT2D eigenvalue weighted by Gasteiger charge is 2.36. The van der Waals surface area contributed by atoms with E-state index in [1.54, 1.807) is 6.92 Å². The fourth-order valence-electron chi connectivity index (χ4n) is 3.07. The quantitative estimate of drug-likeness (QED) is 0.618. The Morgan fingerprint density at radius 3 is 2.24 bits per heavy atom. The number of aromatic nitrogens is 2. The van der Waals surface area contributed by atoms with Gasteiger partial charge < -0.3 is 5.32 Å². The van der Waals surface area contributed by atoms with E-state index in [0.717, 1.165) is 12.2 Å². The first kappa shape index (κ1) is 17.6. The van der Waals surface area contributed by atoms with Gasteiger partial charge in [-0.3, -0.25) is 14.8 Å². The van der Waals surface area contributed by atoms with Crippen LogP contribution in [0.5, 0.6) is 0 Å². The van der Waals surface area contributed by atoms with Crippen LogP contribution in [-0.2, 0) is 0 Å². The fourth-order valence-corrected chi connectivity index (χ4v) is 3.07. The molecule has 0 aliphatic rings. The van der Waals surface area contributed by atoms with Gasteiger partial charge in [-0.05, 0) is 40.2 Å². The molecule has 0 bridgehead atoms. The number of nitrogens with zero attached hydrogens (tertiary/aromatic N) is 3. The van der Waals surface area contributed by atoms with E-state index in [-0.39, 0.29) is 34.5 Å². The SMILES string of the molecule is CCNC(C)C(c1c([N+](=O)[O-])c(C)nn1C(C)C)C(C)C. The highest BCUT2D eigenvalue weighted by Crippen LogP contribution is 2.37.